The second-order valence-electron chi connectivity index (χ2n) is 5.50. The summed E-state index contributed by atoms with van der Waals surface area (Å²) in [6.45, 7) is 2.05. The van der Waals surface area contributed by atoms with E-state index >= 15 is 0 Å². The first kappa shape index (κ1) is 18.4. The van der Waals surface area contributed by atoms with Crippen LogP contribution in [0.5, 0.6) is 5.75 Å². The Morgan fingerprint density at radius 1 is 0.885 bits per heavy atom. The van der Waals surface area contributed by atoms with Crippen LogP contribution >= 0.6 is 21.6 Å². The lowest BCUT2D eigenvalue weighted by Crippen LogP contribution is -2.04. The molecule has 0 unspecified atom stereocenters. The summed E-state index contributed by atoms with van der Waals surface area (Å²) in [4.78, 5) is 5.86. The van der Waals surface area contributed by atoms with Gasteiger partial charge in [-0.25, -0.2) is 4.99 Å². The third kappa shape index (κ3) is 6.14. The Balaban J connectivity index is 1.73. The van der Waals surface area contributed by atoms with Gasteiger partial charge in [-0.2, -0.15) is 0 Å². The van der Waals surface area contributed by atoms with Crippen LogP contribution in [0.15, 0.2) is 106 Å². The van der Waals surface area contributed by atoms with E-state index in [1.165, 1.54) is 10.5 Å². The molecule has 3 aromatic rings. The van der Waals surface area contributed by atoms with Crippen LogP contribution in [0.3, 0.4) is 0 Å². The number of hydrogen-bond acceptors (Lipinski definition) is 4. The number of nitrogens with zero attached hydrogens (tertiary/aromatic N) is 1. The second-order valence-corrected chi connectivity index (χ2v) is 7.68. The number of aryl methyl sites for hydroxylation is 1. The normalized spacial score (nSPS) is 11.7. The average Bonchev–Trinajstić information content (AvgIpc) is 2.67. The maximum absolute atomic E-state index is 5.95. The van der Waals surface area contributed by atoms with Gasteiger partial charge in [-0.15, -0.1) is 0 Å². The minimum absolute atomic E-state index is 0.558. The molecule has 0 aromatic heterocycles. The molecule has 0 aliphatic carbocycles. The molecule has 0 amide bonds. The first-order valence-electron chi connectivity index (χ1n) is 8.23. The first-order chi connectivity index (χ1) is 12.8. The fourth-order valence-electron chi connectivity index (χ4n) is 2.17. The zero-order valence-electron chi connectivity index (χ0n) is 14.4. The van der Waals surface area contributed by atoms with Crippen molar-refractivity contribution in [2.45, 2.75) is 11.8 Å². The van der Waals surface area contributed by atoms with E-state index in [0.717, 1.165) is 11.4 Å². The number of ether oxygens (including phenoxy) is 1. The van der Waals surface area contributed by atoms with E-state index in [-0.39, 0.29) is 0 Å². The van der Waals surface area contributed by atoms with Gasteiger partial charge in [0.05, 0.1) is 5.69 Å². The van der Waals surface area contributed by atoms with Gasteiger partial charge in [-0.1, -0.05) is 70.1 Å². The highest BCUT2D eigenvalue weighted by atomic mass is 33.1. The van der Waals surface area contributed by atoms with Gasteiger partial charge < -0.3 is 4.74 Å². The Kier molecular flexibility index (Phi) is 6.99. The van der Waals surface area contributed by atoms with Crippen LogP contribution in [0.2, 0.25) is 0 Å². The van der Waals surface area contributed by atoms with Gasteiger partial charge in [-0.3, -0.25) is 0 Å². The minimum atomic E-state index is 0.558. The Bertz CT molecular complexity index is 877. The van der Waals surface area contributed by atoms with Crippen LogP contribution in [0.25, 0.3) is 0 Å². The van der Waals surface area contributed by atoms with E-state index in [1.807, 2.05) is 78.2 Å². The Labute approximate surface area is 162 Å². The summed E-state index contributed by atoms with van der Waals surface area (Å²) < 4.78 is 5.95. The van der Waals surface area contributed by atoms with Gasteiger partial charge in [-0.05, 0) is 54.3 Å². The van der Waals surface area contributed by atoms with Crippen molar-refractivity contribution < 1.29 is 4.74 Å². The van der Waals surface area contributed by atoms with Crippen molar-refractivity contribution in [1.29, 1.82) is 0 Å². The zero-order chi connectivity index (χ0) is 18.0. The third-order valence-electron chi connectivity index (χ3n) is 3.36. The van der Waals surface area contributed by atoms with Crippen LogP contribution in [-0.4, -0.2) is 5.90 Å². The molecular formula is C22H19NOS2. The third-order valence-corrected chi connectivity index (χ3v) is 5.37. The molecule has 0 fully saturated rings. The van der Waals surface area contributed by atoms with Crippen LogP contribution in [0, 0.1) is 6.92 Å². The summed E-state index contributed by atoms with van der Waals surface area (Å²) in [5, 5.41) is 2.00. The van der Waals surface area contributed by atoms with E-state index in [0.29, 0.717) is 5.90 Å². The highest BCUT2D eigenvalue weighted by Gasteiger charge is 2.01. The van der Waals surface area contributed by atoms with Crippen LogP contribution < -0.4 is 4.74 Å². The Hall–Kier alpha value is -2.43. The van der Waals surface area contributed by atoms with Crippen molar-refractivity contribution in [3.05, 3.63) is 102 Å². The molecule has 0 radical (unpaired) electrons. The summed E-state index contributed by atoms with van der Waals surface area (Å²) in [5.41, 5.74) is 2.05. The van der Waals surface area contributed by atoms with Crippen molar-refractivity contribution in [2.75, 3.05) is 0 Å². The van der Waals surface area contributed by atoms with Crippen LogP contribution in [-0.2, 0) is 0 Å². The summed E-state index contributed by atoms with van der Waals surface area (Å²) in [7, 11) is 3.33. The molecule has 0 N–H and O–H groups in total. The molecule has 0 heterocycles. The van der Waals surface area contributed by atoms with Crippen molar-refractivity contribution in [3.8, 4) is 5.75 Å². The molecule has 3 aromatic carbocycles. The molecule has 130 valence electrons. The quantitative estimate of drug-likeness (QED) is 0.261. The molecule has 0 aliphatic rings. The number of hydrogen-bond donors (Lipinski definition) is 0. The predicted octanol–water partition coefficient (Wildman–Crippen LogP) is 7.06. The van der Waals surface area contributed by atoms with Crippen LogP contribution in [0.4, 0.5) is 5.69 Å². The van der Waals surface area contributed by atoms with Crippen LogP contribution in [0.1, 0.15) is 5.56 Å². The molecule has 3 rings (SSSR count). The Morgan fingerprint density at radius 3 is 2.35 bits per heavy atom. The molecule has 0 bridgehead atoms. The van der Waals surface area contributed by atoms with Crippen molar-refractivity contribution in [3.63, 3.8) is 0 Å². The van der Waals surface area contributed by atoms with Crippen molar-refractivity contribution >= 4 is 33.2 Å². The molecule has 4 heteroatoms. The standard InChI is InChI=1S/C22H19NOS2/c1-18-9-8-10-19(17-18)23-22(24-20-11-4-2-5-12-20)15-16-25-26-21-13-6-3-7-14-21/h2-17H,1H3/b16-15+,23-22-. The van der Waals surface area contributed by atoms with Gasteiger partial charge in [0.25, 0.3) is 0 Å². The summed E-state index contributed by atoms with van der Waals surface area (Å²) >= 11 is 0. The second kappa shape index (κ2) is 9.90. The van der Waals surface area contributed by atoms with E-state index in [9.17, 15) is 0 Å². The number of benzene rings is 3. The SMILES string of the molecule is Cc1cccc(/N=C(/C=C/SSc2ccccc2)Oc2ccccc2)c1. The molecule has 0 atom stereocenters. The fourth-order valence-corrected chi connectivity index (χ4v) is 3.78. The molecular weight excluding hydrogens is 358 g/mol. The summed E-state index contributed by atoms with van der Waals surface area (Å²) in [6.07, 6.45) is 1.90. The first-order valence-corrected chi connectivity index (χ1v) is 10.4. The van der Waals surface area contributed by atoms with Gasteiger partial charge in [0, 0.05) is 11.0 Å². The highest BCUT2D eigenvalue weighted by Crippen LogP contribution is 2.31. The van der Waals surface area contributed by atoms with Gasteiger partial charge >= 0.3 is 0 Å². The molecule has 26 heavy (non-hydrogen) atoms. The van der Waals surface area contributed by atoms with Gasteiger partial charge in [0.1, 0.15) is 5.75 Å². The van der Waals surface area contributed by atoms with E-state index in [2.05, 4.69) is 30.1 Å². The van der Waals surface area contributed by atoms with E-state index in [4.69, 9.17) is 4.74 Å². The highest BCUT2D eigenvalue weighted by molar-refractivity contribution is 8.77. The monoisotopic (exact) mass is 377 g/mol. The average molecular weight is 378 g/mol. The molecule has 0 spiro atoms. The summed E-state index contributed by atoms with van der Waals surface area (Å²) in [5.74, 6) is 1.33. The van der Waals surface area contributed by atoms with E-state index < -0.39 is 0 Å². The largest absolute Gasteiger partial charge is 0.439 e. The number of aliphatic imine (C=N–C) groups is 1. The Morgan fingerprint density at radius 2 is 1.62 bits per heavy atom. The predicted molar refractivity (Wildman–Crippen MR) is 114 cm³/mol. The van der Waals surface area contributed by atoms with Crippen molar-refractivity contribution in [1.82, 2.24) is 0 Å². The molecule has 0 saturated carbocycles. The zero-order valence-corrected chi connectivity index (χ0v) is 16.0. The van der Waals surface area contributed by atoms with Gasteiger partial charge in [0.15, 0.2) is 0 Å². The maximum atomic E-state index is 5.95. The molecule has 0 aliphatic heterocycles. The lowest BCUT2D eigenvalue weighted by molar-refractivity contribution is 0.556. The number of rotatable bonds is 6. The smallest absolute Gasteiger partial charge is 0.220 e. The van der Waals surface area contributed by atoms with Gasteiger partial charge in [0.2, 0.25) is 5.90 Å². The lowest BCUT2D eigenvalue weighted by Gasteiger charge is -2.06. The molecule has 0 saturated heterocycles. The van der Waals surface area contributed by atoms with E-state index in [1.54, 1.807) is 21.6 Å². The lowest BCUT2D eigenvalue weighted by atomic mass is 10.2. The molecule has 2 nitrogen and oxygen atoms in total. The topological polar surface area (TPSA) is 21.6 Å². The van der Waals surface area contributed by atoms with Crippen molar-refractivity contribution in [2.24, 2.45) is 4.99 Å². The minimum Gasteiger partial charge on any atom is -0.439 e. The number of para-hydroxylation sites is 1. The summed E-state index contributed by atoms with van der Waals surface area (Å²) in [6, 6.07) is 28.0. The maximum Gasteiger partial charge on any atom is 0.220 e. The fraction of sp³-hybridized carbons (Fsp3) is 0.0455.